The SMILES string of the molecule is CC(=O)N[C@@H](CCCN=C(N)N)C(=O)N[C@H]1CC(=O)NCCCC[C@@H](C(N)=O)NC(=O)[C@H](Cc2c[nH]c3ccccc23)CC(=O)[C@H](CCCN=C(N)N)CC(=O)[C@@H](Cc2ccccc2)NC(=O)[C@H](CC(=O)O)NC1=O. The Morgan fingerprint density at radius 1 is 0.733 bits per heavy atom. The topological polar surface area (TPSA) is 434 Å². The number of hydrogen-bond donors (Lipinski definition) is 13. The van der Waals surface area contributed by atoms with E-state index in [1.807, 2.05) is 24.3 Å². The summed E-state index contributed by atoms with van der Waals surface area (Å²) in [5, 5.41) is 26.0. The number of carboxylic acids is 1. The van der Waals surface area contributed by atoms with Gasteiger partial charge in [-0.1, -0.05) is 48.5 Å². The number of nitrogens with zero attached hydrogens (tertiary/aromatic N) is 2. The maximum absolute atomic E-state index is 14.7. The van der Waals surface area contributed by atoms with Crippen LogP contribution in [0.15, 0.2) is 70.8 Å². The molecule has 7 atom stereocenters. The van der Waals surface area contributed by atoms with Crippen molar-refractivity contribution in [2.24, 2.45) is 50.5 Å². The highest BCUT2D eigenvalue weighted by molar-refractivity contribution is 6.00. The number of fused-ring (bicyclic) bond motifs is 1. The average Bonchev–Trinajstić information content (AvgIpc) is 3.76. The molecule has 1 fully saturated rings. The van der Waals surface area contributed by atoms with Crippen LogP contribution in [0, 0.1) is 11.8 Å². The van der Waals surface area contributed by atoms with Crippen LogP contribution in [0.2, 0.25) is 0 Å². The van der Waals surface area contributed by atoms with E-state index in [0.717, 1.165) is 17.8 Å². The van der Waals surface area contributed by atoms with Gasteiger partial charge in [0.25, 0.3) is 0 Å². The second-order valence-electron chi connectivity index (χ2n) is 18.4. The van der Waals surface area contributed by atoms with E-state index in [-0.39, 0.29) is 89.3 Å². The summed E-state index contributed by atoms with van der Waals surface area (Å²) in [5.74, 6) is -11.4. The van der Waals surface area contributed by atoms with Crippen LogP contribution in [0.4, 0.5) is 0 Å². The van der Waals surface area contributed by atoms with E-state index < -0.39 is 127 Å². The lowest BCUT2D eigenvalue weighted by Gasteiger charge is -2.26. The number of aliphatic imine (C=N–C) groups is 2. The van der Waals surface area contributed by atoms with Gasteiger partial charge in [-0.25, -0.2) is 0 Å². The van der Waals surface area contributed by atoms with Crippen molar-refractivity contribution in [3.05, 3.63) is 71.9 Å². The molecule has 0 aliphatic carbocycles. The highest BCUT2D eigenvalue weighted by Crippen LogP contribution is 2.26. The van der Waals surface area contributed by atoms with Gasteiger partial charge in [-0.15, -0.1) is 0 Å². The number of H-pyrrole nitrogens is 1. The second kappa shape index (κ2) is 30.0. The van der Waals surface area contributed by atoms with E-state index in [0.29, 0.717) is 11.1 Å². The number of carbonyl (C=O) groups excluding carboxylic acids is 9. The zero-order chi connectivity index (χ0) is 55.0. The summed E-state index contributed by atoms with van der Waals surface area (Å²) in [6.45, 7) is 1.29. The monoisotopic (exact) mass is 1040 g/mol. The standard InChI is InChI=1S/C50H70N14O11/c1-28(65)60-36(17-10-20-58-50(54)55)46(73)63-38-25-42(68)56-18-8-7-16-35(44(51)71)61-45(72)31(22-32-27-59-34-15-6-5-14-33(32)34)24-40(66)30(13-9-19-57-49(52)53)23-41(67)37(21-29-11-3-2-4-12-29)62-48(75)39(26-43(69)70)64-47(38)74/h2-6,11-12,14-15,27,30-31,35-39,59H,7-10,13,16-26H2,1H3,(H2,51,71)(H,56,68)(H,60,65)(H,61,72)(H,62,75)(H,63,73)(H,64,74)(H,69,70)(H4,52,53,57)(H4,54,55,58)/t30-,31-,35+,36+,37-,38+,39+/m1/s1. The fourth-order valence-corrected chi connectivity index (χ4v) is 8.60. The molecule has 4 rings (SSSR count). The molecule has 0 spiro atoms. The number of aromatic amines is 1. The van der Waals surface area contributed by atoms with Gasteiger partial charge in [-0.2, -0.15) is 0 Å². The van der Waals surface area contributed by atoms with Gasteiger partial charge < -0.3 is 70.7 Å². The summed E-state index contributed by atoms with van der Waals surface area (Å²) in [6, 6.07) is 8.26. The van der Waals surface area contributed by atoms with Gasteiger partial charge >= 0.3 is 5.97 Å². The van der Waals surface area contributed by atoms with Crippen molar-refractivity contribution >= 4 is 81.7 Å². The molecule has 0 radical (unpaired) electrons. The molecule has 0 unspecified atom stereocenters. The summed E-state index contributed by atoms with van der Waals surface area (Å²) in [4.78, 5) is 148. The number of aromatic nitrogens is 1. The quantitative estimate of drug-likeness (QED) is 0.0384. The van der Waals surface area contributed by atoms with Crippen molar-refractivity contribution < 1.29 is 53.1 Å². The van der Waals surface area contributed by atoms with E-state index in [9.17, 15) is 53.1 Å². The molecule has 1 saturated heterocycles. The highest BCUT2D eigenvalue weighted by Gasteiger charge is 2.36. The Morgan fingerprint density at radius 2 is 1.39 bits per heavy atom. The van der Waals surface area contributed by atoms with E-state index in [1.54, 1.807) is 36.5 Å². The van der Waals surface area contributed by atoms with E-state index in [4.69, 9.17) is 28.7 Å². The second-order valence-corrected chi connectivity index (χ2v) is 18.4. The number of rotatable bonds is 18. The van der Waals surface area contributed by atoms with Gasteiger partial charge in [0.1, 0.15) is 30.0 Å². The Kier molecular flexibility index (Phi) is 23.6. The van der Waals surface area contributed by atoms with Crippen LogP contribution < -0.4 is 60.6 Å². The third-order valence-electron chi connectivity index (χ3n) is 12.4. The number of carboxylic acid groups (broad SMARTS) is 1. The number of amides is 7. The van der Waals surface area contributed by atoms with Crippen molar-refractivity contribution in [3.63, 3.8) is 0 Å². The lowest BCUT2D eigenvalue weighted by atomic mass is 9.83. The Morgan fingerprint density at radius 3 is 2.05 bits per heavy atom. The normalized spacial score (nSPS) is 21.2. The van der Waals surface area contributed by atoms with Gasteiger partial charge in [0.2, 0.25) is 41.4 Å². The van der Waals surface area contributed by atoms with Gasteiger partial charge in [0.15, 0.2) is 17.7 Å². The molecular formula is C50H70N14O11. The Hall–Kier alpha value is -8.38. The van der Waals surface area contributed by atoms with Gasteiger partial charge in [0, 0.05) is 68.3 Å². The maximum Gasteiger partial charge on any atom is 0.305 e. The van der Waals surface area contributed by atoms with Crippen LogP contribution in [0.3, 0.4) is 0 Å². The Balaban J connectivity index is 1.78. The summed E-state index contributed by atoms with van der Waals surface area (Å²) in [7, 11) is 0. The molecule has 18 N–H and O–H groups in total. The number of guanidine groups is 2. The fraction of sp³-hybridized carbons (Fsp3) is 0.480. The lowest BCUT2D eigenvalue weighted by Crippen LogP contribution is -2.59. The van der Waals surface area contributed by atoms with E-state index in [2.05, 4.69) is 46.9 Å². The molecule has 75 heavy (non-hydrogen) atoms. The van der Waals surface area contributed by atoms with Gasteiger partial charge in [0.05, 0.1) is 18.9 Å². The van der Waals surface area contributed by atoms with Gasteiger partial charge in [-0.05, 0) is 75.0 Å². The van der Waals surface area contributed by atoms with Crippen molar-refractivity contribution in [2.45, 2.75) is 121 Å². The number of para-hydroxylation sites is 1. The molecule has 406 valence electrons. The summed E-state index contributed by atoms with van der Waals surface area (Å²) in [6.07, 6.45) is -0.125. The number of ketones is 2. The molecule has 2 heterocycles. The Labute approximate surface area is 433 Å². The molecule has 1 aliphatic rings. The molecule has 25 nitrogen and oxygen atoms in total. The van der Waals surface area contributed by atoms with Crippen molar-refractivity contribution in [2.75, 3.05) is 19.6 Å². The van der Waals surface area contributed by atoms with Crippen LogP contribution in [0.25, 0.3) is 10.9 Å². The molecule has 1 aromatic heterocycles. The van der Waals surface area contributed by atoms with E-state index >= 15 is 0 Å². The molecule has 3 aromatic rings. The molecule has 0 saturated carbocycles. The molecule has 1 aliphatic heterocycles. The molecular weight excluding hydrogens is 973 g/mol. The van der Waals surface area contributed by atoms with Crippen molar-refractivity contribution in [1.82, 2.24) is 36.9 Å². The first-order chi connectivity index (χ1) is 35.7. The predicted molar refractivity (Wildman–Crippen MR) is 276 cm³/mol. The molecule has 0 bridgehead atoms. The Bertz CT molecular complexity index is 2560. The summed E-state index contributed by atoms with van der Waals surface area (Å²) in [5.41, 5.74) is 29.8. The maximum atomic E-state index is 14.7. The van der Waals surface area contributed by atoms with Crippen LogP contribution in [0.1, 0.15) is 88.7 Å². The predicted octanol–water partition coefficient (Wildman–Crippen LogP) is -1.69. The number of hydrogen-bond acceptors (Lipinski definition) is 12. The first-order valence-electron chi connectivity index (χ1n) is 24.7. The minimum absolute atomic E-state index is 0.0240. The number of aliphatic carboxylic acids is 1. The summed E-state index contributed by atoms with van der Waals surface area (Å²) < 4.78 is 0. The number of nitrogens with two attached hydrogens (primary N) is 5. The lowest BCUT2D eigenvalue weighted by molar-refractivity contribution is -0.142. The smallest absolute Gasteiger partial charge is 0.305 e. The van der Waals surface area contributed by atoms with Crippen LogP contribution in [0.5, 0.6) is 0 Å². The van der Waals surface area contributed by atoms with Crippen LogP contribution >= 0.6 is 0 Å². The van der Waals surface area contributed by atoms with Crippen LogP contribution in [-0.4, -0.2) is 131 Å². The first kappa shape index (κ1) is 59.2. The zero-order valence-electron chi connectivity index (χ0n) is 41.9. The fourth-order valence-electron chi connectivity index (χ4n) is 8.60. The molecule has 2 aromatic carbocycles. The molecule has 7 amide bonds. The number of nitrogens with one attached hydrogen (secondary N) is 7. The van der Waals surface area contributed by atoms with E-state index in [1.165, 1.54) is 0 Å². The minimum Gasteiger partial charge on any atom is -0.481 e. The van der Waals surface area contributed by atoms with Crippen molar-refractivity contribution in [3.8, 4) is 0 Å². The average molecular weight is 1040 g/mol. The minimum atomic E-state index is -1.89. The third kappa shape index (κ3) is 20.6. The largest absolute Gasteiger partial charge is 0.481 e. The van der Waals surface area contributed by atoms with Gasteiger partial charge in [-0.3, -0.25) is 57.9 Å². The number of carbonyl (C=O) groups is 10. The number of benzene rings is 2. The number of primary amides is 1. The first-order valence-corrected chi connectivity index (χ1v) is 24.7. The third-order valence-corrected chi connectivity index (χ3v) is 12.4. The van der Waals surface area contributed by atoms with Crippen LogP contribution in [-0.2, 0) is 60.8 Å². The number of Topliss-reactive ketones (excluding diaryl/α,β-unsaturated/α-hetero) is 2. The molecule has 25 heteroatoms. The zero-order valence-corrected chi connectivity index (χ0v) is 41.9. The van der Waals surface area contributed by atoms with Crippen molar-refractivity contribution in [1.29, 1.82) is 0 Å². The highest BCUT2D eigenvalue weighted by atomic mass is 16.4. The summed E-state index contributed by atoms with van der Waals surface area (Å²) >= 11 is 0.